The maximum Gasteiger partial charge on any atom is 0.235 e. The van der Waals surface area contributed by atoms with Crippen molar-refractivity contribution >= 4 is 40.9 Å². The standard InChI is InChI=1S/C17H22Cl2N4OS/c1-10(2)9-23-15(13-7-6-12(18)8-14(13)19)20-21-17(23)25-11(3)16(24)22(4)5/h6-8,10-11H,9H2,1-5H3/t11-/m0/s1. The van der Waals surface area contributed by atoms with E-state index in [-0.39, 0.29) is 11.2 Å². The van der Waals surface area contributed by atoms with Crippen molar-refractivity contribution in [2.24, 2.45) is 5.92 Å². The summed E-state index contributed by atoms with van der Waals surface area (Å²) in [7, 11) is 3.49. The summed E-state index contributed by atoms with van der Waals surface area (Å²) in [4.78, 5) is 13.7. The molecular weight excluding hydrogens is 379 g/mol. The third kappa shape index (κ3) is 4.90. The van der Waals surface area contributed by atoms with Gasteiger partial charge < -0.3 is 9.47 Å². The number of benzene rings is 1. The summed E-state index contributed by atoms with van der Waals surface area (Å²) in [5.41, 5.74) is 0.776. The molecule has 1 aromatic carbocycles. The molecule has 5 nitrogen and oxygen atoms in total. The van der Waals surface area contributed by atoms with Crippen LogP contribution in [-0.2, 0) is 11.3 Å². The Morgan fingerprint density at radius 2 is 1.92 bits per heavy atom. The predicted molar refractivity (Wildman–Crippen MR) is 104 cm³/mol. The Kier molecular flexibility index (Phi) is 6.77. The molecule has 0 aliphatic rings. The average Bonchev–Trinajstić information content (AvgIpc) is 2.88. The second-order valence-corrected chi connectivity index (χ2v) is 8.58. The van der Waals surface area contributed by atoms with Crippen LogP contribution in [0.15, 0.2) is 23.4 Å². The van der Waals surface area contributed by atoms with Gasteiger partial charge in [0.25, 0.3) is 0 Å². The highest BCUT2D eigenvalue weighted by atomic mass is 35.5. The monoisotopic (exact) mass is 400 g/mol. The molecule has 0 N–H and O–H groups in total. The smallest absolute Gasteiger partial charge is 0.235 e. The van der Waals surface area contributed by atoms with Crippen LogP contribution in [0.2, 0.25) is 10.0 Å². The van der Waals surface area contributed by atoms with Crippen molar-refractivity contribution in [3.63, 3.8) is 0 Å². The van der Waals surface area contributed by atoms with E-state index in [1.807, 2.05) is 17.6 Å². The number of aromatic nitrogens is 3. The minimum absolute atomic E-state index is 0.0372. The van der Waals surface area contributed by atoms with Crippen molar-refractivity contribution in [1.82, 2.24) is 19.7 Å². The Labute approximate surface area is 162 Å². The summed E-state index contributed by atoms with van der Waals surface area (Å²) >= 11 is 13.7. The molecule has 0 bridgehead atoms. The largest absolute Gasteiger partial charge is 0.348 e. The van der Waals surface area contributed by atoms with Gasteiger partial charge in [0.15, 0.2) is 11.0 Å². The lowest BCUT2D eigenvalue weighted by atomic mass is 10.2. The van der Waals surface area contributed by atoms with E-state index in [0.29, 0.717) is 26.9 Å². The van der Waals surface area contributed by atoms with Gasteiger partial charge in [0, 0.05) is 31.2 Å². The lowest BCUT2D eigenvalue weighted by molar-refractivity contribution is -0.127. The molecule has 1 amide bonds. The topological polar surface area (TPSA) is 51.0 Å². The second kappa shape index (κ2) is 8.43. The summed E-state index contributed by atoms with van der Waals surface area (Å²) in [6, 6.07) is 5.31. The van der Waals surface area contributed by atoms with Crippen molar-refractivity contribution in [3.8, 4) is 11.4 Å². The third-order valence-corrected chi connectivity index (χ3v) is 5.12. The minimum atomic E-state index is -0.251. The van der Waals surface area contributed by atoms with E-state index in [9.17, 15) is 4.79 Å². The molecule has 0 saturated carbocycles. The van der Waals surface area contributed by atoms with Crippen LogP contribution in [0.4, 0.5) is 0 Å². The first-order chi connectivity index (χ1) is 11.7. The summed E-state index contributed by atoms with van der Waals surface area (Å²) in [6.45, 7) is 6.84. The molecule has 2 aromatic rings. The van der Waals surface area contributed by atoms with Crippen LogP contribution in [0.3, 0.4) is 0 Å². The highest BCUT2D eigenvalue weighted by Gasteiger charge is 2.23. The number of nitrogens with zero attached hydrogens (tertiary/aromatic N) is 4. The molecule has 0 radical (unpaired) electrons. The van der Waals surface area contributed by atoms with E-state index in [0.717, 1.165) is 12.1 Å². The summed E-state index contributed by atoms with van der Waals surface area (Å²) < 4.78 is 2.02. The van der Waals surface area contributed by atoms with E-state index in [1.165, 1.54) is 11.8 Å². The van der Waals surface area contributed by atoms with Gasteiger partial charge in [0.2, 0.25) is 5.91 Å². The molecule has 2 rings (SSSR count). The normalized spacial score (nSPS) is 12.5. The lowest BCUT2D eigenvalue weighted by Gasteiger charge is -2.17. The van der Waals surface area contributed by atoms with E-state index in [4.69, 9.17) is 23.2 Å². The molecule has 0 spiro atoms. The molecule has 0 fully saturated rings. The Bertz CT molecular complexity index is 761. The number of rotatable bonds is 6. The first-order valence-electron chi connectivity index (χ1n) is 7.97. The van der Waals surface area contributed by atoms with E-state index >= 15 is 0 Å². The van der Waals surface area contributed by atoms with Crippen LogP contribution >= 0.6 is 35.0 Å². The van der Waals surface area contributed by atoms with Crippen molar-refractivity contribution in [1.29, 1.82) is 0 Å². The fourth-order valence-electron chi connectivity index (χ4n) is 2.35. The van der Waals surface area contributed by atoms with Crippen LogP contribution in [0, 0.1) is 5.92 Å². The quantitative estimate of drug-likeness (QED) is 0.670. The van der Waals surface area contributed by atoms with Crippen molar-refractivity contribution in [2.45, 2.75) is 37.7 Å². The summed E-state index contributed by atoms with van der Waals surface area (Å²) in [5.74, 6) is 1.11. The number of hydrogen-bond acceptors (Lipinski definition) is 4. The number of carbonyl (C=O) groups is 1. The highest BCUT2D eigenvalue weighted by molar-refractivity contribution is 8.00. The van der Waals surface area contributed by atoms with Crippen LogP contribution in [0.5, 0.6) is 0 Å². The fourth-order valence-corrected chi connectivity index (χ4v) is 3.84. The van der Waals surface area contributed by atoms with Crippen LogP contribution in [0.25, 0.3) is 11.4 Å². The van der Waals surface area contributed by atoms with Gasteiger partial charge in [0.05, 0.1) is 10.3 Å². The van der Waals surface area contributed by atoms with E-state index in [2.05, 4.69) is 24.0 Å². The van der Waals surface area contributed by atoms with E-state index in [1.54, 1.807) is 31.1 Å². The van der Waals surface area contributed by atoms with Gasteiger partial charge in [-0.2, -0.15) is 0 Å². The highest BCUT2D eigenvalue weighted by Crippen LogP contribution is 2.33. The Morgan fingerprint density at radius 1 is 1.24 bits per heavy atom. The molecule has 1 heterocycles. The van der Waals surface area contributed by atoms with Crippen molar-refractivity contribution in [3.05, 3.63) is 28.2 Å². The zero-order chi connectivity index (χ0) is 18.7. The molecule has 136 valence electrons. The number of hydrogen-bond donors (Lipinski definition) is 0. The Hall–Kier alpha value is -1.24. The third-order valence-electron chi connectivity index (χ3n) is 3.51. The van der Waals surface area contributed by atoms with Gasteiger partial charge in [-0.1, -0.05) is 48.8 Å². The van der Waals surface area contributed by atoms with Gasteiger partial charge >= 0.3 is 0 Å². The lowest BCUT2D eigenvalue weighted by Crippen LogP contribution is -2.30. The number of halogens is 2. The molecule has 8 heteroatoms. The molecule has 25 heavy (non-hydrogen) atoms. The zero-order valence-corrected chi connectivity index (χ0v) is 17.3. The van der Waals surface area contributed by atoms with Crippen LogP contribution < -0.4 is 0 Å². The molecule has 0 aliphatic heterocycles. The van der Waals surface area contributed by atoms with Gasteiger partial charge in [-0.05, 0) is 31.0 Å². The van der Waals surface area contributed by atoms with Crippen molar-refractivity contribution < 1.29 is 4.79 Å². The van der Waals surface area contributed by atoms with Crippen LogP contribution in [-0.4, -0.2) is 44.9 Å². The Balaban J connectivity index is 2.42. The predicted octanol–water partition coefficient (Wildman–Crippen LogP) is 4.48. The Morgan fingerprint density at radius 3 is 2.48 bits per heavy atom. The summed E-state index contributed by atoms with van der Waals surface area (Å²) in [5, 5.41) is 10.2. The van der Waals surface area contributed by atoms with E-state index < -0.39 is 0 Å². The molecular formula is C17H22Cl2N4OS. The number of thioether (sulfide) groups is 1. The zero-order valence-electron chi connectivity index (χ0n) is 15.0. The second-order valence-electron chi connectivity index (χ2n) is 6.43. The van der Waals surface area contributed by atoms with Crippen LogP contribution in [0.1, 0.15) is 20.8 Å². The fraction of sp³-hybridized carbons (Fsp3) is 0.471. The molecule has 0 saturated heterocycles. The van der Waals surface area contributed by atoms with Gasteiger partial charge in [-0.25, -0.2) is 0 Å². The first kappa shape index (κ1) is 20.1. The van der Waals surface area contributed by atoms with Gasteiger partial charge in [-0.3, -0.25) is 4.79 Å². The molecule has 1 aromatic heterocycles. The van der Waals surface area contributed by atoms with Crippen molar-refractivity contribution in [2.75, 3.05) is 14.1 Å². The average molecular weight is 401 g/mol. The number of carbonyl (C=O) groups excluding carboxylic acids is 1. The summed E-state index contributed by atoms with van der Waals surface area (Å²) in [6.07, 6.45) is 0. The number of amides is 1. The maximum absolute atomic E-state index is 12.2. The molecule has 0 unspecified atom stereocenters. The molecule has 0 aliphatic carbocycles. The minimum Gasteiger partial charge on any atom is -0.348 e. The molecule has 1 atom stereocenters. The van der Waals surface area contributed by atoms with Gasteiger partial charge in [0.1, 0.15) is 0 Å². The maximum atomic E-state index is 12.2. The van der Waals surface area contributed by atoms with Gasteiger partial charge in [-0.15, -0.1) is 10.2 Å². The first-order valence-corrected chi connectivity index (χ1v) is 9.60. The SMILES string of the molecule is CC(C)Cn1c(S[C@@H](C)C(=O)N(C)C)nnc1-c1ccc(Cl)cc1Cl.